The fraction of sp³-hybridized carbons (Fsp3) is 0.455. The number of carbonyl (C=O) groups is 1. The molecule has 0 N–H and O–H groups in total. The maximum atomic E-state index is 11.9. The summed E-state index contributed by atoms with van der Waals surface area (Å²) in [6.45, 7) is 3.80. The summed E-state index contributed by atoms with van der Waals surface area (Å²) in [5.41, 5.74) is 0.114. The predicted molar refractivity (Wildman–Crippen MR) is 67.9 cm³/mol. The summed E-state index contributed by atoms with van der Waals surface area (Å²) in [6.07, 6.45) is 0. The summed E-state index contributed by atoms with van der Waals surface area (Å²) in [5, 5.41) is 10.9. The first-order chi connectivity index (χ1) is 7.36. The Morgan fingerprint density at radius 3 is 2.75 bits per heavy atom. The molecular weight excluding hydrogens is 288 g/mol. The van der Waals surface area contributed by atoms with Crippen LogP contribution in [0.2, 0.25) is 0 Å². The van der Waals surface area contributed by atoms with Crippen LogP contribution in [0.1, 0.15) is 19.4 Å². The first-order valence-electron chi connectivity index (χ1n) is 4.76. The highest BCUT2D eigenvalue weighted by Gasteiger charge is 2.30. The Labute approximate surface area is 108 Å². The van der Waals surface area contributed by atoms with Gasteiger partial charge in [0.2, 0.25) is 5.91 Å². The first kappa shape index (κ1) is 13.2. The number of amides is 1. The summed E-state index contributed by atoms with van der Waals surface area (Å²) in [5.74, 6) is -0.155. The topological polar surface area (TPSA) is 44.1 Å². The molecule has 0 radical (unpaired) electrons. The van der Waals surface area contributed by atoms with Crippen molar-refractivity contribution < 1.29 is 4.79 Å². The number of hydrogen-bond acceptors (Lipinski definition) is 3. The van der Waals surface area contributed by atoms with E-state index in [1.165, 1.54) is 0 Å². The molecule has 0 spiro atoms. The van der Waals surface area contributed by atoms with E-state index in [1.807, 2.05) is 17.5 Å². The van der Waals surface area contributed by atoms with Crippen molar-refractivity contribution in [1.82, 2.24) is 4.90 Å². The minimum atomic E-state index is -0.956. The van der Waals surface area contributed by atoms with Crippen molar-refractivity contribution >= 4 is 33.2 Å². The Balaban J connectivity index is 2.70. The monoisotopic (exact) mass is 300 g/mol. The van der Waals surface area contributed by atoms with Gasteiger partial charge in [-0.25, -0.2) is 0 Å². The SMILES string of the molecule is CN(Cc1csc(Br)c1)C(=O)C(C)(C)C#N. The van der Waals surface area contributed by atoms with Crippen LogP contribution in [0, 0.1) is 16.7 Å². The van der Waals surface area contributed by atoms with Gasteiger partial charge in [-0.05, 0) is 46.8 Å². The second kappa shape index (κ2) is 4.98. The fourth-order valence-corrected chi connectivity index (χ4v) is 2.50. The van der Waals surface area contributed by atoms with Crippen LogP contribution < -0.4 is 0 Å². The van der Waals surface area contributed by atoms with E-state index in [1.54, 1.807) is 37.1 Å². The van der Waals surface area contributed by atoms with Gasteiger partial charge in [-0.15, -0.1) is 11.3 Å². The Morgan fingerprint density at radius 1 is 1.69 bits per heavy atom. The molecule has 0 unspecified atom stereocenters. The zero-order valence-corrected chi connectivity index (χ0v) is 11.9. The molecular formula is C11H13BrN2OS. The molecule has 0 aliphatic rings. The van der Waals surface area contributed by atoms with Crippen LogP contribution in [0.4, 0.5) is 0 Å². The zero-order valence-electron chi connectivity index (χ0n) is 9.45. The van der Waals surface area contributed by atoms with Crippen molar-refractivity contribution in [2.45, 2.75) is 20.4 Å². The molecule has 0 atom stereocenters. The highest BCUT2D eigenvalue weighted by Crippen LogP contribution is 2.23. The molecule has 0 saturated heterocycles. The molecule has 3 nitrogen and oxygen atoms in total. The van der Waals surface area contributed by atoms with Gasteiger partial charge >= 0.3 is 0 Å². The van der Waals surface area contributed by atoms with Crippen LogP contribution in [0.3, 0.4) is 0 Å². The fourth-order valence-electron chi connectivity index (χ4n) is 1.30. The average Bonchev–Trinajstić information content (AvgIpc) is 2.62. The van der Waals surface area contributed by atoms with Crippen molar-refractivity contribution in [1.29, 1.82) is 5.26 Å². The molecule has 1 aromatic heterocycles. The first-order valence-corrected chi connectivity index (χ1v) is 6.44. The second-order valence-electron chi connectivity index (χ2n) is 4.16. The van der Waals surface area contributed by atoms with Gasteiger partial charge < -0.3 is 4.90 Å². The lowest BCUT2D eigenvalue weighted by molar-refractivity contribution is -0.136. The third-order valence-electron chi connectivity index (χ3n) is 2.20. The lowest BCUT2D eigenvalue weighted by Crippen LogP contribution is -2.37. The number of halogens is 1. The van der Waals surface area contributed by atoms with E-state index in [2.05, 4.69) is 15.9 Å². The minimum absolute atomic E-state index is 0.155. The molecule has 0 fully saturated rings. The molecule has 0 aromatic carbocycles. The van der Waals surface area contributed by atoms with Gasteiger partial charge in [0.15, 0.2) is 0 Å². The smallest absolute Gasteiger partial charge is 0.242 e. The van der Waals surface area contributed by atoms with Crippen LogP contribution >= 0.6 is 27.3 Å². The Morgan fingerprint density at radius 2 is 2.31 bits per heavy atom. The van der Waals surface area contributed by atoms with E-state index in [4.69, 9.17) is 5.26 Å². The molecule has 1 amide bonds. The van der Waals surface area contributed by atoms with E-state index in [9.17, 15) is 4.79 Å². The van der Waals surface area contributed by atoms with Crippen molar-refractivity contribution in [3.63, 3.8) is 0 Å². The van der Waals surface area contributed by atoms with E-state index in [0.717, 1.165) is 9.35 Å². The minimum Gasteiger partial charge on any atom is -0.340 e. The summed E-state index contributed by atoms with van der Waals surface area (Å²) >= 11 is 4.96. The number of nitrogens with zero attached hydrogens (tertiary/aromatic N) is 2. The molecule has 0 aliphatic heterocycles. The maximum Gasteiger partial charge on any atom is 0.242 e. The van der Waals surface area contributed by atoms with Crippen molar-refractivity contribution in [2.75, 3.05) is 7.05 Å². The van der Waals surface area contributed by atoms with Crippen LogP contribution in [-0.2, 0) is 11.3 Å². The summed E-state index contributed by atoms with van der Waals surface area (Å²) in [7, 11) is 1.72. The van der Waals surface area contributed by atoms with E-state index < -0.39 is 5.41 Å². The Hall–Kier alpha value is -0.860. The third kappa shape index (κ3) is 3.06. The summed E-state index contributed by atoms with van der Waals surface area (Å²) in [4.78, 5) is 13.5. The molecule has 86 valence electrons. The third-order valence-corrected chi connectivity index (χ3v) is 3.76. The number of thiophene rings is 1. The molecule has 1 rings (SSSR count). The zero-order chi connectivity index (χ0) is 12.3. The molecule has 1 heterocycles. The standard InChI is InChI=1S/C11H13BrN2OS/c1-11(2,7-13)10(15)14(3)5-8-4-9(12)16-6-8/h4,6H,5H2,1-3H3. The van der Waals surface area contributed by atoms with Gasteiger partial charge in [-0.1, -0.05) is 0 Å². The van der Waals surface area contributed by atoms with Gasteiger partial charge in [0.1, 0.15) is 5.41 Å². The van der Waals surface area contributed by atoms with Crippen LogP contribution in [0.25, 0.3) is 0 Å². The Kier molecular flexibility index (Phi) is 4.11. The maximum absolute atomic E-state index is 11.9. The average molecular weight is 301 g/mol. The van der Waals surface area contributed by atoms with E-state index in [-0.39, 0.29) is 5.91 Å². The van der Waals surface area contributed by atoms with Crippen molar-refractivity contribution in [3.05, 3.63) is 20.8 Å². The van der Waals surface area contributed by atoms with Gasteiger partial charge in [-0.3, -0.25) is 4.79 Å². The quantitative estimate of drug-likeness (QED) is 0.861. The number of nitriles is 1. The normalized spacial score (nSPS) is 10.9. The highest BCUT2D eigenvalue weighted by atomic mass is 79.9. The highest BCUT2D eigenvalue weighted by molar-refractivity contribution is 9.11. The molecule has 1 aromatic rings. The lowest BCUT2D eigenvalue weighted by atomic mass is 9.94. The van der Waals surface area contributed by atoms with Crippen molar-refractivity contribution in [2.24, 2.45) is 5.41 Å². The van der Waals surface area contributed by atoms with E-state index >= 15 is 0 Å². The van der Waals surface area contributed by atoms with Crippen LogP contribution in [-0.4, -0.2) is 17.9 Å². The predicted octanol–water partition coefficient (Wildman–Crippen LogP) is 3.02. The van der Waals surface area contributed by atoms with Gasteiger partial charge in [0, 0.05) is 13.6 Å². The van der Waals surface area contributed by atoms with Gasteiger partial charge in [-0.2, -0.15) is 5.26 Å². The number of carbonyl (C=O) groups excluding carboxylic acids is 1. The lowest BCUT2D eigenvalue weighted by Gasteiger charge is -2.23. The summed E-state index contributed by atoms with van der Waals surface area (Å²) < 4.78 is 1.04. The largest absolute Gasteiger partial charge is 0.340 e. The van der Waals surface area contributed by atoms with Crippen LogP contribution in [0.15, 0.2) is 15.2 Å². The Bertz CT molecular complexity index is 433. The molecule has 0 bridgehead atoms. The molecule has 5 heteroatoms. The molecule has 16 heavy (non-hydrogen) atoms. The second-order valence-corrected chi connectivity index (χ2v) is 6.45. The molecule has 0 aliphatic carbocycles. The number of hydrogen-bond donors (Lipinski definition) is 0. The summed E-state index contributed by atoms with van der Waals surface area (Å²) in [6, 6.07) is 4.00. The van der Waals surface area contributed by atoms with Crippen molar-refractivity contribution in [3.8, 4) is 6.07 Å². The number of rotatable bonds is 3. The molecule has 0 saturated carbocycles. The van der Waals surface area contributed by atoms with Crippen LogP contribution in [0.5, 0.6) is 0 Å². The van der Waals surface area contributed by atoms with Gasteiger partial charge in [0.25, 0.3) is 0 Å². The van der Waals surface area contributed by atoms with E-state index in [0.29, 0.717) is 6.54 Å². The van der Waals surface area contributed by atoms with Gasteiger partial charge in [0.05, 0.1) is 9.86 Å².